The standard InChI is InChI=1S/C20H26O4/c1-6-12-8-7-9-13-15(12)20(5,11-10-19(2,3)4)17(22)14(16(13)21)18(23)24/h7-9,21H,6,10-11H2,1-5H3,(H,23,24)/t20-/m0/s1. The van der Waals surface area contributed by atoms with Crippen LogP contribution in [-0.4, -0.2) is 22.0 Å². The van der Waals surface area contributed by atoms with Crippen molar-refractivity contribution >= 4 is 17.5 Å². The molecule has 0 fully saturated rings. The number of benzene rings is 1. The number of hydrogen-bond donors (Lipinski definition) is 2. The van der Waals surface area contributed by atoms with E-state index in [1.807, 2.05) is 19.9 Å². The maximum atomic E-state index is 13.0. The van der Waals surface area contributed by atoms with E-state index >= 15 is 0 Å². The molecule has 0 unspecified atom stereocenters. The van der Waals surface area contributed by atoms with Gasteiger partial charge in [0.05, 0.1) is 5.41 Å². The van der Waals surface area contributed by atoms with Gasteiger partial charge in [0.1, 0.15) is 11.3 Å². The van der Waals surface area contributed by atoms with Crippen LogP contribution >= 0.6 is 0 Å². The molecule has 1 aromatic rings. The number of Topliss-reactive ketones (excluding diaryl/α,β-unsaturated/α-hetero) is 1. The molecule has 24 heavy (non-hydrogen) atoms. The Bertz CT molecular complexity index is 722. The maximum Gasteiger partial charge on any atom is 0.343 e. The van der Waals surface area contributed by atoms with Crippen LogP contribution in [0.4, 0.5) is 0 Å². The molecule has 0 heterocycles. The summed E-state index contributed by atoms with van der Waals surface area (Å²) in [6, 6.07) is 5.45. The second-order valence-electron chi connectivity index (χ2n) is 7.94. The minimum Gasteiger partial charge on any atom is -0.506 e. The first kappa shape index (κ1) is 18.2. The second kappa shape index (κ2) is 6.08. The predicted molar refractivity (Wildman–Crippen MR) is 94.1 cm³/mol. The third-order valence-corrected chi connectivity index (χ3v) is 4.89. The number of aliphatic hydroxyl groups is 1. The summed E-state index contributed by atoms with van der Waals surface area (Å²) >= 11 is 0. The van der Waals surface area contributed by atoms with Crippen molar-refractivity contribution in [3.63, 3.8) is 0 Å². The van der Waals surface area contributed by atoms with Gasteiger partial charge < -0.3 is 10.2 Å². The number of aliphatic hydroxyl groups excluding tert-OH is 1. The minimum absolute atomic E-state index is 0.0250. The van der Waals surface area contributed by atoms with E-state index in [4.69, 9.17) is 0 Å². The lowest BCUT2D eigenvalue weighted by Crippen LogP contribution is -2.41. The largest absolute Gasteiger partial charge is 0.506 e. The number of carbonyl (C=O) groups excluding carboxylic acids is 1. The van der Waals surface area contributed by atoms with E-state index in [0.717, 1.165) is 24.0 Å². The number of fused-ring (bicyclic) bond motifs is 1. The summed E-state index contributed by atoms with van der Waals surface area (Å²) < 4.78 is 0. The zero-order valence-electron chi connectivity index (χ0n) is 15.1. The number of carbonyl (C=O) groups is 2. The molecular formula is C20H26O4. The molecule has 1 aliphatic carbocycles. The van der Waals surface area contributed by atoms with Gasteiger partial charge in [-0.25, -0.2) is 4.79 Å². The molecule has 2 N–H and O–H groups in total. The highest BCUT2D eigenvalue weighted by atomic mass is 16.4. The third kappa shape index (κ3) is 2.97. The van der Waals surface area contributed by atoms with Gasteiger partial charge in [0.25, 0.3) is 0 Å². The molecule has 0 saturated carbocycles. The molecule has 0 radical (unpaired) electrons. The topological polar surface area (TPSA) is 74.6 Å². The van der Waals surface area contributed by atoms with Gasteiger partial charge in [0.15, 0.2) is 5.78 Å². The number of carboxylic acid groups (broad SMARTS) is 1. The highest BCUT2D eigenvalue weighted by Crippen LogP contribution is 2.45. The molecule has 1 aromatic carbocycles. The second-order valence-corrected chi connectivity index (χ2v) is 7.94. The maximum absolute atomic E-state index is 13.0. The van der Waals surface area contributed by atoms with Crippen molar-refractivity contribution < 1.29 is 19.8 Å². The van der Waals surface area contributed by atoms with E-state index in [2.05, 4.69) is 20.8 Å². The Labute approximate surface area is 143 Å². The summed E-state index contributed by atoms with van der Waals surface area (Å²) in [5.74, 6) is -2.27. The first-order chi connectivity index (χ1) is 11.0. The zero-order valence-corrected chi connectivity index (χ0v) is 15.1. The lowest BCUT2D eigenvalue weighted by Gasteiger charge is -2.37. The quantitative estimate of drug-likeness (QED) is 0.809. The van der Waals surface area contributed by atoms with Crippen LogP contribution in [0.25, 0.3) is 5.76 Å². The number of ketones is 1. The number of aryl methyl sites for hydroxylation is 1. The van der Waals surface area contributed by atoms with Crippen LogP contribution in [0.5, 0.6) is 0 Å². The van der Waals surface area contributed by atoms with Gasteiger partial charge in [-0.15, -0.1) is 0 Å². The van der Waals surface area contributed by atoms with Crippen molar-refractivity contribution in [2.45, 2.75) is 59.3 Å². The van der Waals surface area contributed by atoms with Gasteiger partial charge in [-0.2, -0.15) is 0 Å². The zero-order chi connectivity index (χ0) is 18.3. The van der Waals surface area contributed by atoms with Gasteiger partial charge in [0.2, 0.25) is 0 Å². The van der Waals surface area contributed by atoms with Crippen LogP contribution in [0, 0.1) is 5.41 Å². The van der Waals surface area contributed by atoms with Crippen LogP contribution in [0.2, 0.25) is 0 Å². The van der Waals surface area contributed by atoms with Gasteiger partial charge in [-0.3, -0.25) is 4.79 Å². The van der Waals surface area contributed by atoms with E-state index in [9.17, 15) is 19.8 Å². The number of aliphatic carboxylic acids is 1. The highest BCUT2D eigenvalue weighted by Gasteiger charge is 2.47. The van der Waals surface area contributed by atoms with Crippen LogP contribution in [0.15, 0.2) is 23.8 Å². The first-order valence-electron chi connectivity index (χ1n) is 8.37. The number of carboxylic acids is 1. The fraction of sp³-hybridized carbons (Fsp3) is 0.500. The van der Waals surface area contributed by atoms with Crippen molar-refractivity contribution in [2.24, 2.45) is 5.41 Å². The molecule has 0 saturated heterocycles. The van der Waals surface area contributed by atoms with E-state index in [0.29, 0.717) is 12.0 Å². The van der Waals surface area contributed by atoms with E-state index < -0.39 is 28.5 Å². The van der Waals surface area contributed by atoms with Crippen molar-refractivity contribution in [1.82, 2.24) is 0 Å². The van der Waals surface area contributed by atoms with E-state index in [1.165, 1.54) is 0 Å². The van der Waals surface area contributed by atoms with E-state index in [-0.39, 0.29) is 5.41 Å². The number of rotatable bonds is 4. The molecule has 0 aromatic heterocycles. The highest BCUT2D eigenvalue weighted by molar-refractivity contribution is 6.26. The normalized spacial score (nSPS) is 21.0. The van der Waals surface area contributed by atoms with Crippen molar-refractivity contribution in [3.8, 4) is 0 Å². The fourth-order valence-corrected chi connectivity index (χ4v) is 3.44. The minimum atomic E-state index is -1.37. The average Bonchev–Trinajstić information content (AvgIpc) is 2.49. The Morgan fingerprint density at radius 3 is 2.38 bits per heavy atom. The molecule has 1 atom stereocenters. The molecule has 4 heteroatoms. The third-order valence-electron chi connectivity index (χ3n) is 4.89. The lowest BCUT2D eigenvalue weighted by atomic mass is 9.64. The summed E-state index contributed by atoms with van der Waals surface area (Å²) in [5.41, 5.74) is 0.833. The lowest BCUT2D eigenvalue weighted by molar-refractivity contribution is -0.135. The first-order valence-corrected chi connectivity index (χ1v) is 8.37. The summed E-state index contributed by atoms with van der Waals surface area (Å²) in [6.07, 6.45) is 2.04. The number of hydrogen-bond acceptors (Lipinski definition) is 3. The fourth-order valence-electron chi connectivity index (χ4n) is 3.44. The van der Waals surface area contributed by atoms with Crippen LogP contribution in [-0.2, 0) is 21.4 Å². The summed E-state index contributed by atoms with van der Waals surface area (Å²) in [6.45, 7) is 10.1. The molecule has 0 aliphatic heterocycles. The summed E-state index contributed by atoms with van der Waals surface area (Å²) in [7, 11) is 0. The van der Waals surface area contributed by atoms with Gasteiger partial charge in [0, 0.05) is 5.56 Å². The predicted octanol–water partition coefficient (Wildman–Crippen LogP) is 4.27. The van der Waals surface area contributed by atoms with Gasteiger partial charge >= 0.3 is 5.97 Å². The smallest absolute Gasteiger partial charge is 0.343 e. The Morgan fingerprint density at radius 1 is 1.25 bits per heavy atom. The molecule has 0 bridgehead atoms. The van der Waals surface area contributed by atoms with Crippen molar-refractivity contribution in [1.29, 1.82) is 0 Å². The molecule has 0 spiro atoms. The average molecular weight is 330 g/mol. The van der Waals surface area contributed by atoms with Crippen molar-refractivity contribution in [2.75, 3.05) is 0 Å². The van der Waals surface area contributed by atoms with Gasteiger partial charge in [-0.05, 0) is 42.7 Å². The van der Waals surface area contributed by atoms with Crippen molar-refractivity contribution in [3.05, 3.63) is 40.5 Å². The Morgan fingerprint density at radius 2 is 1.88 bits per heavy atom. The van der Waals surface area contributed by atoms with E-state index in [1.54, 1.807) is 12.1 Å². The SMILES string of the molecule is CCc1cccc2c1[C@](C)(CCC(C)(C)C)C(=O)C(C(=O)O)=C2O. The summed E-state index contributed by atoms with van der Waals surface area (Å²) in [4.78, 5) is 24.6. The van der Waals surface area contributed by atoms with Crippen LogP contribution in [0.1, 0.15) is 64.2 Å². The Hall–Kier alpha value is -2.10. The monoisotopic (exact) mass is 330 g/mol. The van der Waals surface area contributed by atoms with Gasteiger partial charge in [-0.1, -0.05) is 45.9 Å². The molecule has 1 aliphatic rings. The molecule has 4 nitrogen and oxygen atoms in total. The molecule has 0 amide bonds. The molecular weight excluding hydrogens is 304 g/mol. The van der Waals surface area contributed by atoms with Crippen LogP contribution < -0.4 is 0 Å². The molecule has 130 valence electrons. The molecule has 2 rings (SSSR count). The Kier molecular flexibility index (Phi) is 4.62. The summed E-state index contributed by atoms with van der Waals surface area (Å²) in [5, 5.41) is 19.9. The van der Waals surface area contributed by atoms with Crippen LogP contribution in [0.3, 0.4) is 0 Å². The Balaban J connectivity index is 2.73.